The minimum atomic E-state index is -0.156. The second-order valence-corrected chi connectivity index (χ2v) is 8.85. The summed E-state index contributed by atoms with van der Waals surface area (Å²) >= 11 is 0. The third-order valence-corrected chi connectivity index (χ3v) is 7.06. The molecule has 142 valence electrons. The van der Waals surface area contributed by atoms with Crippen molar-refractivity contribution in [1.82, 2.24) is 5.32 Å². The van der Waals surface area contributed by atoms with Crippen molar-refractivity contribution in [3.05, 3.63) is 29.8 Å². The van der Waals surface area contributed by atoms with E-state index in [1.807, 2.05) is 0 Å². The van der Waals surface area contributed by atoms with Crippen molar-refractivity contribution in [2.75, 3.05) is 27.4 Å². The molecule has 1 aromatic carbocycles. The first-order valence-corrected chi connectivity index (χ1v) is 10.0. The van der Waals surface area contributed by atoms with Gasteiger partial charge in [0.25, 0.3) is 0 Å². The van der Waals surface area contributed by atoms with Gasteiger partial charge in [0.1, 0.15) is 5.75 Å². The largest absolute Gasteiger partial charge is 0.497 e. The lowest BCUT2D eigenvalue weighted by atomic mass is 9.42. The van der Waals surface area contributed by atoms with Gasteiger partial charge in [0, 0.05) is 20.3 Å². The lowest BCUT2D eigenvalue weighted by Crippen LogP contribution is -2.59. The van der Waals surface area contributed by atoms with Crippen molar-refractivity contribution in [3.8, 4) is 5.75 Å². The fraction of sp³-hybridized carbons (Fsp3) is 0.682. The third kappa shape index (κ3) is 3.02. The van der Waals surface area contributed by atoms with Crippen LogP contribution in [-0.2, 0) is 14.9 Å². The monoisotopic (exact) mass is 357 g/mol. The van der Waals surface area contributed by atoms with E-state index < -0.39 is 0 Å². The highest BCUT2D eigenvalue weighted by atomic mass is 16.5. The molecule has 4 fully saturated rings. The predicted molar refractivity (Wildman–Crippen MR) is 101 cm³/mol. The first kappa shape index (κ1) is 17.8. The van der Waals surface area contributed by atoms with E-state index in [4.69, 9.17) is 9.47 Å². The Balaban J connectivity index is 1.56. The van der Waals surface area contributed by atoms with Gasteiger partial charge in [0.05, 0.1) is 12.5 Å². The molecular formula is C22H31NO3. The second-order valence-electron chi connectivity index (χ2n) is 8.85. The van der Waals surface area contributed by atoms with Crippen LogP contribution in [0.25, 0.3) is 0 Å². The molecule has 0 aliphatic heterocycles. The van der Waals surface area contributed by atoms with E-state index in [0.29, 0.717) is 24.3 Å². The van der Waals surface area contributed by atoms with Crippen LogP contribution < -0.4 is 10.1 Å². The van der Waals surface area contributed by atoms with Crippen LogP contribution in [0.5, 0.6) is 5.75 Å². The Morgan fingerprint density at radius 2 is 1.81 bits per heavy atom. The standard InChI is InChI=1S/C22H31NO3/c1-25-9-3-8-23-20(24)22-13-16-10-17(14-22)12-21(11-16,15-22)18-4-6-19(26-2)7-5-18/h4-7,16-17H,3,8-15H2,1-2H3,(H,23,24). The van der Waals surface area contributed by atoms with E-state index in [1.54, 1.807) is 14.2 Å². The highest BCUT2D eigenvalue weighted by Gasteiger charge is 2.60. The normalized spacial score (nSPS) is 34.7. The second kappa shape index (κ2) is 6.88. The molecule has 4 saturated carbocycles. The van der Waals surface area contributed by atoms with Crippen molar-refractivity contribution >= 4 is 5.91 Å². The third-order valence-electron chi connectivity index (χ3n) is 7.06. The molecule has 1 amide bonds. The number of amides is 1. The van der Waals surface area contributed by atoms with Crippen LogP contribution in [0.1, 0.15) is 50.5 Å². The first-order chi connectivity index (χ1) is 12.6. The fourth-order valence-electron chi connectivity index (χ4n) is 6.42. The topological polar surface area (TPSA) is 47.6 Å². The molecule has 0 heterocycles. The van der Waals surface area contributed by atoms with Crippen LogP contribution in [0.3, 0.4) is 0 Å². The van der Waals surface area contributed by atoms with E-state index in [2.05, 4.69) is 29.6 Å². The van der Waals surface area contributed by atoms with Crippen LogP contribution in [0.4, 0.5) is 0 Å². The zero-order valence-corrected chi connectivity index (χ0v) is 16.1. The molecule has 1 aromatic rings. The number of methoxy groups -OCH3 is 2. The molecule has 4 aliphatic rings. The number of benzene rings is 1. The quantitative estimate of drug-likeness (QED) is 0.757. The summed E-state index contributed by atoms with van der Waals surface area (Å²) in [6.07, 6.45) is 7.86. The smallest absolute Gasteiger partial charge is 0.226 e. The van der Waals surface area contributed by atoms with E-state index in [1.165, 1.54) is 24.8 Å². The molecule has 2 atom stereocenters. The van der Waals surface area contributed by atoms with Gasteiger partial charge in [-0.25, -0.2) is 0 Å². The van der Waals surface area contributed by atoms with E-state index in [0.717, 1.165) is 38.0 Å². The molecule has 4 aliphatic carbocycles. The summed E-state index contributed by atoms with van der Waals surface area (Å²) in [5.41, 5.74) is 1.43. The van der Waals surface area contributed by atoms with Crippen molar-refractivity contribution in [2.24, 2.45) is 17.3 Å². The Hall–Kier alpha value is -1.55. The SMILES string of the molecule is COCCCNC(=O)C12CC3CC(C1)CC(c1ccc(OC)cc1)(C3)C2. The molecule has 0 spiro atoms. The number of hydrogen-bond donors (Lipinski definition) is 1. The Morgan fingerprint density at radius 3 is 2.42 bits per heavy atom. The van der Waals surface area contributed by atoms with Crippen LogP contribution in [-0.4, -0.2) is 33.3 Å². The van der Waals surface area contributed by atoms with Crippen molar-refractivity contribution in [1.29, 1.82) is 0 Å². The van der Waals surface area contributed by atoms with Gasteiger partial charge in [-0.05, 0) is 79.9 Å². The van der Waals surface area contributed by atoms with Gasteiger partial charge in [-0.15, -0.1) is 0 Å². The molecule has 0 radical (unpaired) electrons. The molecule has 2 unspecified atom stereocenters. The summed E-state index contributed by atoms with van der Waals surface area (Å²) in [6.45, 7) is 1.42. The van der Waals surface area contributed by atoms with Crippen molar-refractivity contribution in [2.45, 2.75) is 50.4 Å². The zero-order valence-electron chi connectivity index (χ0n) is 16.1. The molecular weight excluding hydrogens is 326 g/mol. The van der Waals surface area contributed by atoms with Gasteiger partial charge in [0.15, 0.2) is 0 Å². The summed E-state index contributed by atoms with van der Waals surface area (Å²) in [6, 6.07) is 8.61. The summed E-state index contributed by atoms with van der Waals surface area (Å²) < 4.78 is 10.4. The molecule has 0 aromatic heterocycles. The van der Waals surface area contributed by atoms with E-state index >= 15 is 0 Å². The number of nitrogens with one attached hydrogen (secondary N) is 1. The van der Waals surface area contributed by atoms with Gasteiger partial charge in [-0.1, -0.05) is 12.1 Å². The molecule has 26 heavy (non-hydrogen) atoms. The fourth-order valence-corrected chi connectivity index (χ4v) is 6.42. The Bertz CT molecular complexity index is 640. The Kier molecular flexibility index (Phi) is 4.72. The molecule has 4 bridgehead atoms. The Labute approximate surface area is 156 Å². The average Bonchev–Trinajstić information content (AvgIpc) is 2.64. The van der Waals surface area contributed by atoms with Crippen LogP contribution in [0.15, 0.2) is 24.3 Å². The van der Waals surface area contributed by atoms with Crippen molar-refractivity contribution in [3.63, 3.8) is 0 Å². The van der Waals surface area contributed by atoms with E-state index in [9.17, 15) is 4.79 Å². The predicted octanol–water partition coefficient (Wildman–Crippen LogP) is 3.69. The maximum atomic E-state index is 13.2. The molecule has 1 N–H and O–H groups in total. The molecule has 4 heteroatoms. The number of hydrogen-bond acceptors (Lipinski definition) is 3. The lowest BCUT2D eigenvalue weighted by Gasteiger charge is -2.61. The lowest BCUT2D eigenvalue weighted by molar-refractivity contribution is -0.149. The minimum Gasteiger partial charge on any atom is -0.497 e. The summed E-state index contributed by atoms with van der Waals surface area (Å²) in [4.78, 5) is 13.2. The number of carbonyl (C=O) groups excluding carboxylic acids is 1. The number of carbonyl (C=O) groups is 1. The molecule has 4 nitrogen and oxygen atoms in total. The molecule has 0 saturated heterocycles. The van der Waals surface area contributed by atoms with Crippen LogP contribution >= 0.6 is 0 Å². The number of ether oxygens (including phenoxy) is 2. The summed E-state index contributed by atoms with van der Waals surface area (Å²) in [7, 11) is 3.42. The van der Waals surface area contributed by atoms with Gasteiger partial charge in [0.2, 0.25) is 5.91 Å². The highest BCUT2D eigenvalue weighted by molar-refractivity contribution is 5.83. The van der Waals surface area contributed by atoms with Crippen LogP contribution in [0.2, 0.25) is 0 Å². The number of rotatable bonds is 7. The van der Waals surface area contributed by atoms with Gasteiger partial charge in [-0.3, -0.25) is 4.79 Å². The zero-order chi connectivity index (χ0) is 18.2. The Morgan fingerprint density at radius 1 is 1.12 bits per heavy atom. The van der Waals surface area contributed by atoms with Crippen molar-refractivity contribution < 1.29 is 14.3 Å². The van der Waals surface area contributed by atoms with E-state index in [-0.39, 0.29) is 10.8 Å². The summed E-state index contributed by atoms with van der Waals surface area (Å²) in [5, 5.41) is 3.22. The van der Waals surface area contributed by atoms with Gasteiger partial charge in [-0.2, -0.15) is 0 Å². The summed E-state index contributed by atoms with van der Waals surface area (Å²) in [5.74, 6) is 2.59. The van der Waals surface area contributed by atoms with Gasteiger partial charge >= 0.3 is 0 Å². The molecule has 5 rings (SSSR count). The van der Waals surface area contributed by atoms with Crippen LogP contribution in [0, 0.1) is 17.3 Å². The average molecular weight is 357 g/mol. The highest BCUT2D eigenvalue weighted by Crippen LogP contribution is 2.65. The maximum absolute atomic E-state index is 13.2. The van der Waals surface area contributed by atoms with Gasteiger partial charge < -0.3 is 14.8 Å². The first-order valence-electron chi connectivity index (χ1n) is 10.0. The minimum absolute atomic E-state index is 0.156. The maximum Gasteiger partial charge on any atom is 0.226 e.